The molecule has 1 atom stereocenters. The van der Waals surface area contributed by atoms with Gasteiger partial charge in [-0.2, -0.15) is 0 Å². The van der Waals surface area contributed by atoms with Gasteiger partial charge in [0.25, 0.3) is 0 Å². The molecule has 0 fully saturated rings. The molecule has 1 amide bonds. The predicted octanol–water partition coefficient (Wildman–Crippen LogP) is 1.07. The molecule has 2 rings (SSSR count). The van der Waals surface area contributed by atoms with E-state index >= 15 is 0 Å². The largest absolute Gasteiger partial charge is 0.387 e. The summed E-state index contributed by atoms with van der Waals surface area (Å²) in [5.74, 6) is -0.288. The smallest absolute Gasteiger partial charge is 0.307 e. The molecule has 0 aliphatic rings. The van der Waals surface area contributed by atoms with Gasteiger partial charge in [0, 0.05) is 17.6 Å². The van der Waals surface area contributed by atoms with Crippen molar-refractivity contribution in [1.82, 2.24) is 9.88 Å². The van der Waals surface area contributed by atoms with Crippen LogP contribution in [0.1, 0.15) is 17.4 Å². The Hall–Kier alpha value is -1.92. The van der Waals surface area contributed by atoms with E-state index in [-0.39, 0.29) is 23.9 Å². The molecule has 0 aliphatic carbocycles. The van der Waals surface area contributed by atoms with Gasteiger partial charge in [-0.25, -0.2) is 0 Å². The molecular formula is C14H16N2O3S. The number of nitrogens with zero attached hydrogens (tertiary/aromatic N) is 1. The Morgan fingerprint density at radius 3 is 2.70 bits per heavy atom. The number of nitrogens with one attached hydrogen (secondary N) is 1. The van der Waals surface area contributed by atoms with E-state index in [1.54, 1.807) is 24.4 Å². The van der Waals surface area contributed by atoms with E-state index in [1.165, 1.54) is 4.57 Å². The normalized spacial score (nSPS) is 12.1. The summed E-state index contributed by atoms with van der Waals surface area (Å²) >= 11 is 1.07. The Morgan fingerprint density at radius 2 is 2.10 bits per heavy atom. The maximum Gasteiger partial charge on any atom is 0.307 e. The highest BCUT2D eigenvalue weighted by molar-refractivity contribution is 7.07. The molecule has 0 spiro atoms. The number of amides is 1. The lowest BCUT2D eigenvalue weighted by atomic mass is 10.1. The fourth-order valence-corrected chi connectivity index (χ4v) is 2.53. The standard InChI is InChI=1S/C14H16N2O3S/c1-10-9-20-14(19)16(10)8-13(18)15-7-12(17)11-5-3-2-4-6-11/h2-6,9,12,17H,7-8H2,1H3,(H,15,18). The highest BCUT2D eigenvalue weighted by atomic mass is 32.1. The van der Waals surface area contributed by atoms with Crippen molar-refractivity contribution in [2.75, 3.05) is 6.54 Å². The maximum atomic E-state index is 11.8. The molecule has 106 valence electrons. The van der Waals surface area contributed by atoms with E-state index in [4.69, 9.17) is 0 Å². The zero-order chi connectivity index (χ0) is 14.5. The number of carbonyl (C=O) groups excluding carboxylic acids is 1. The van der Waals surface area contributed by atoms with Crippen molar-refractivity contribution in [2.24, 2.45) is 0 Å². The zero-order valence-electron chi connectivity index (χ0n) is 11.1. The van der Waals surface area contributed by atoms with Crippen molar-refractivity contribution < 1.29 is 9.90 Å². The summed E-state index contributed by atoms with van der Waals surface area (Å²) in [6.45, 7) is 1.89. The van der Waals surface area contributed by atoms with E-state index < -0.39 is 6.10 Å². The van der Waals surface area contributed by atoms with Crippen LogP contribution in [0, 0.1) is 6.92 Å². The SMILES string of the molecule is Cc1csc(=O)n1CC(=O)NCC(O)c1ccccc1. The fourth-order valence-electron chi connectivity index (χ4n) is 1.80. The molecule has 6 heteroatoms. The lowest BCUT2D eigenvalue weighted by Crippen LogP contribution is -2.33. The average molecular weight is 292 g/mol. The number of thiazole rings is 1. The van der Waals surface area contributed by atoms with Crippen LogP contribution in [0.4, 0.5) is 0 Å². The van der Waals surface area contributed by atoms with E-state index in [9.17, 15) is 14.7 Å². The van der Waals surface area contributed by atoms with Crippen LogP contribution < -0.4 is 10.2 Å². The molecule has 1 unspecified atom stereocenters. The first-order chi connectivity index (χ1) is 9.58. The predicted molar refractivity (Wildman–Crippen MR) is 77.7 cm³/mol. The van der Waals surface area contributed by atoms with Crippen LogP contribution in [0.2, 0.25) is 0 Å². The van der Waals surface area contributed by atoms with E-state index in [0.29, 0.717) is 0 Å². The first kappa shape index (κ1) is 14.5. The van der Waals surface area contributed by atoms with Crippen molar-refractivity contribution in [3.05, 3.63) is 56.6 Å². The van der Waals surface area contributed by atoms with Crippen molar-refractivity contribution in [3.8, 4) is 0 Å². The van der Waals surface area contributed by atoms with Crippen LogP contribution in [-0.4, -0.2) is 22.1 Å². The van der Waals surface area contributed by atoms with Crippen molar-refractivity contribution in [3.63, 3.8) is 0 Å². The van der Waals surface area contributed by atoms with Crippen LogP contribution in [0.5, 0.6) is 0 Å². The van der Waals surface area contributed by atoms with Crippen molar-refractivity contribution >= 4 is 17.2 Å². The van der Waals surface area contributed by atoms with Gasteiger partial charge < -0.3 is 10.4 Å². The van der Waals surface area contributed by atoms with Crippen LogP contribution in [0.3, 0.4) is 0 Å². The Balaban J connectivity index is 1.88. The van der Waals surface area contributed by atoms with E-state index in [0.717, 1.165) is 22.6 Å². The third kappa shape index (κ3) is 3.55. The van der Waals surface area contributed by atoms with Crippen LogP contribution in [0.15, 0.2) is 40.5 Å². The summed E-state index contributed by atoms with van der Waals surface area (Å²) in [6, 6.07) is 9.11. The molecular weight excluding hydrogens is 276 g/mol. The summed E-state index contributed by atoms with van der Waals surface area (Å²) < 4.78 is 1.41. The highest BCUT2D eigenvalue weighted by Crippen LogP contribution is 2.10. The number of aromatic nitrogens is 1. The van der Waals surface area contributed by atoms with Gasteiger partial charge in [-0.1, -0.05) is 41.7 Å². The maximum absolute atomic E-state index is 11.8. The number of rotatable bonds is 5. The molecule has 1 aromatic carbocycles. The summed E-state index contributed by atoms with van der Waals surface area (Å²) in [4.78, 5) is 23.1. The second kappa shape index (κ2) is 6.49. The Kier molecular flexibility index (Phi) is 4.70. The lowest BCUT2D eigenvalue weighted by Gasteiger charge is -2.12. The third-order valence-corrected chi connectivity index (χ3v) is 3.84. The average Bonchev–Trinajstić information content (AvgIpc) is 2.77. The molecule has 0 radical (unpaired) electrons. The molecule has 0 saturated carbocycles. The minimum Gasteiger partial charge on any atom is -0.387 e. The minimum atomic E-state index is -0.750. The molecule has 1 heterocycles. The van der Waals surface area contributed by atoms with E-state index in [1.807, 2.05) is 18.2 Å². The van der Waals surface area contributed by atoms with Gasteiger partial charge in [-0.05, 0) is 12.5 Å². The Bertz CT molecular complexity index is 633. The van der Waals surface area contributed by atoms with Crippen molar-refractivity contribution in [2.45, 2.75) is 19.6 Å². The number of hydrogen-bond acceptors (Lipinski definition) is 4. The van der Waals surface area contributed by atoms with Crippen LogP contribution >= 0.6 is 11.3 Å². The number of hydrogen-bond donors (Lipinski definition) is 2. The van der Waals surface area contributed by atoms with Gasteiger partial charge in [0.1, 0.15) is 6.54 Å². The minimum absolute atomic E-state index is 0.0182. The van der Waals surface area contributed by atoms with Crippen molar-refractivity contribution in [1.29, 1.82) is 0 Å². The Labute approximate surface area is 120 Å². The number of aryl methyl sites for hydroxylation is 1. The third-order valence-electron chi connectivity index (χ3n) is 2.96. The molecule has 0 bridgehead atoms. The monoisotopic (exact) mass is 292 g/mol. The topological polar surface area (TPSA) is 71.3 Å². The summed E-state index contributed by atoms with van der Waals surface area (Å²) in [7, 11) is 0. The number of benzene rings is 1. The van der Waals surface area contributed by atoms with Gasteiger partial charge in [0.05, 0.1) is 6.10 Å². The second-order valence-electron chi connectivity index (χ2n) is 4.46. The Morgan fingerprint density at radius 1 is 1.40 bits per heavy atom. The molecule has 2 aromatic rings. The van der Waals surface area contributed by atoms with Gasteiger partial charge >= 0.3 is 4.87 Å². The summed E-state index contributed by atoms with van der Waals surface area (Å²) in [5.41, 5.74) is 1.51. The number of carbonyl (C=O) groups is 1. The first-order valence-corrected chi connectivity index (χ1v) is 7.10. The van der Waals surface area contributed by atoms with Gasteiger partial charge in [-0.3, -0.25) is 14.2 Å². The lowest BCUT2D eigenvalue weighted by molar-refractivity contribution is -0.122. The molecule has 0 saturated heterocycles. The molecule has 20 heavy (non-hydrogen) atoms. The summed E-state index contributed by atoms with van der Waals surface area (Å²) in [5, 5.41) is 14.3. The molecule has 5 nitrogen and oxygen atoms in total. The number of aliphatic hydroxyl groups excluding tert-OH is 1. The van der Waals surface area contributed by atoms with Gasteiger partial charge in [0.15, 0.2) is 0 Å². The van der Waals surface area contributed by atoms with Crippen LogP contribution in [-0.2, 0) is 11.3 Å². The second-order valence-corrected chi connectivity index (χ2v) is 5.28. The van der Waals surface area contributed by atoms with Gasteiger partial charge in [-0.15, -0.1) is 0 Å². The van der Waals surface area contributed by atoms with E-state index in [2.05, 4.69) is 5.32 Å². The quantitative estimate of drug-likeness (QED) is 0.866. The molecule has 2 N–H and O–H groups in total. The van der Waals surface area contributed by atoms with Gasteiger partial charge in [0.2, 0.25) is 5.91 Å². The molecule has 0 aliphatic heterocycles. The fraction of sp³-hybridized carbons (Fsp3) is 0.286. The first-order valence-electron chi connectivity index (χ1n) is 6.22. The highest BCUT2D eigenvalue weighted by Gasteiger charge is 2.11. The summed E-state index contributed by atoms with van der Waals surface area (Å²) in [6.07, 6.45) is -0.750. The van der Waals surface area contributed by atoms with Crippen LogP contribution in [0.25, 0.3) is 0 Å². The zero-order valence-corrected chi connectivity index (χ0v) is 11.9. The number of aliphatic hydroxyl groups is 1. The molecule has 1 aromatic heterocycles.